The molecule has 6 nitrogen and oxygen atoms in total. The molecule has 0 radical (unpaired) electrons. The van der Waals surface area contributed by atoms with Crippen LogP contribution in [-0.2, 0) is 11.8 Å². The lowest BCUT2D eigenvalue weighted by Crippen LogP contribution is -2.23. The first-order chi connectivity index (χ1) is 8.68. The van der Waals surface area contributed by atoms with Crippen molar-refractivity contribution in [2.75, 3.05) is 13.2 Å². The molecule has 1 unspecified atom stereocenters. The van der Waals surface area contributed by atoms with Crippen LogP contribution in [0.2, 0.25) is 5.28 Å². The molecule has 3 rings (SSSR count). The maximum Gasteiger partial charge on any atom is 0.265 e. The van der Waals surface area contributed by atoms with Gasteiger partial charge in [0.1, 0.15) is 5.39 Å². The van der Waals surface area contributed by atoms with Gasteiger partial charge in [-0.2, -0.15) is 10.1 Å². The molecule has 1 fully saturated rings. The van der Waals surface area contributed by atoms with Crippen LogP contribution in [0, 0.1) is 0 Å². The molecule has 3 heterocycles. The normalized spacial score (nSPS) is 20.4. The minimum atomic E-state index is -0.173. The highest BCUT2D eigenvalue weighted by molar-refractivity contribution is 6.28. The maximum atomic E-state index is 12.0. The SMILES string of the molecule is Cn1c(Cl)nc2c(cnn2C2CCCOC2)c1=O. The molecule has 0 amide bonds. The molecule has 0 spiro atoms. The maximum absolute atomic E-state index is 12.0. The molecular formula is C11H13ClN4O2. The summed E-state index contributed by atoms with van der Waals surface area (Å²) in [6.45, 7) is 1.39. The summed E-state index contributed by atoms with van der Waals surface area (Å²) in [5.41, 5.74) is 0.367. The van der Waals surface area contributed by atoms with E-state index in [1.54, 1.807) is 17.9 Å². The topological polar surface area (TPSA) is 61.9 Å². The van der Waals surface area contributed by atoms with Crippen molar-refractivity contribution in [3.05, 3.63) is 21.8 Å². The number of fused-ring (bicyclic) bond motifs is 1. The zero-order chi connectivity index (χ0) is 12.7. The summed E-state index contributed by atoms with van der Waals surface area (Å²) in [7, 11) is 1.60. The largest absolute Gasteiger partial charge is 0.379 e. The van der Waals surface area contributed by atoms with Crippen molar-refractivity contribution in [2.24, 2.45) is 7.05 Å². The number of ether oxygens (including phenoxy) is 1. The third kappa shape index (κ3) is 1.72. The number of halogens is 1. The molecule has 2 aromatic heterocycles. The summed E-state index contributed by atoms with van der Waals surface area (Å²) in [5.74, 6) is 0. The molecule has 96 valence electrons. The predicted molar refractivity (Wildman–Crippen MR) is 66.9 cm³/mol. The van der Waals surface area contributed by atoms with E-state index in [0.29, 0.717) is 17.6 Å². The Hall–Kier alpha value is -1.40. The molecule has 2 aromatic rings. The van der Waals surface area contributed by atoms with Gasteiger partial charge in [0.2, 0.25) is 5.28 Å². The summed E-state index contributed by atoms with van der Waals surface area (Å²) < 4.78 is 8.50. The van der Waals surface area contributed by atoms with Crippen molar-refractivity contribution in [1.29, 1.82) is 0 Å². The second-order valence-corrected chi connectivity index (χ2v) is 4.78. The van der Waals surface area contributed by atoms with Crippen molar-refractivity contribution in [2.45, 2.75) is 18.9 Å². The Kier molecular flexibility index (Phi) is 2.83. The summed E-state index contributed by atoms with van der Waals surface area (Å²) in [4.78, 5) is 16.2. The predicted octanol–water partition coefficient (Wildman–Crippen LogP) is 1.13. The summed E-state index contributed by atoms with van der Waals surface area (Å²) in [5, 5.41) is 4.93. The van der Waals surface area contributed by atoms with E-state index in [4.69, 9.17) is 16.3 Å². The Morgan fingerprint density at radius 1 is 1.56 bits per heavy atom. The van der Waals surface area contributed by atoms with Crippen molar-refractivity contribution in [3.8, 4) is 0 Å². The molecule has 1 saturated heterocycles. The Bertz CT molecular complexity index is 642. The first-order valence-corrected chi connectivity index (χ1v) is 6.24. The highest BCUT2D eigenvalue weighted by Gasteiger charge is 2.21. The van der Waals surface area contributed by atoms with E-state index in [-0.39, 0.29) is 16.9 Å². The standard InChI is InChI=1S/C11H13ClN4O2/c1-15-10(17)8-5-13-16(9(8)14-11(15)12)7-3-2-4-18-6-7/h5,7H,2-4,6H2,1H3. The fraction of sp³-hybridized carbons (Fsp3) is 0.545. The van der Waals surface area contributed by atoms with E-state index in [2.05, 4.69) is 10.1 Å². The molecule has 18 heavy (non-hydrogen) atoms. The van der Waals surface area contributed by atoms with E-state index in [0.717, 1.165) is 19.4 Å². The van der Waals surface area contributed by atoms with Crippen molar-refractivity contribution >= 4 is 22.6 Å². The van der Waals surface area contributed by atoms with Gasteiger partial charge in [-0.15, -0.1) is 0 Å². The van der Waals surface area contributed by atoms with Crippen LogP contribution >= 0.6 is 11.6 Å². The average Bonchev–Trinajstić information content (AvgIpc) is 2.81. The van der Waals surface area contributed by atoms with Gasteiger partial charge in [-0.1, -0.05) is 0 Å². The van der Waals surface area contributed by atoms with Crippen LogP contribution in [0.15, 0.2) is 11.0 Å². The number of hydrogen-bond donors (Lipinski definition) is 0. The molecule has 0 aliphatic carbocycles. The minimum absolute atomic E-state index is 0.131. The van der Waals surface area contributed by atoms with Gasteiger partial charge in [0.25, 0.3) is 5.56 Å². The van der Waals surface area contributed by atoms with E-state index in [9.17, 15) is 4.79 Å². The molecule has 7 heteroatoms. The van der Waals surface area contributed by atoms with Crippen LogP contribution in [0.3, 0.4) is 0 Å². The molecule has 0 N–H and O–H groups in total. The van der Waals surface area contributed by atoms with Gasteiger partial charge < -0.3 is 4.74 Å². The summed E-state index contributed by atoms with van der Waals surface area (Å²) in [6.07, 6.45) is 3.52. The van der Waals surface area contributed by atoms with Crippen LogP contribution in [0.25, 0.3) is 11.0 Å². The van der Waals surface area contributed by atoms with Gasteiger partial charge in [0, 0.05) is 13.7 Å². The Morgan fingerprint density at radius 2 is 2.39 bits per heavy atom. The lowest BCUT2D eigenvalue weighted by Gasteiger charge is -2.22. The minimum Gasteiger partial charge on any atom is -0.379 e. The van der Waals surface area contributed by atoms with Gasteiger partial charge in [-0.05, 0) is 24.4 Å². The second-order valence-electron chi connectivity index (χ2n) is 4.44. The summed E-state index contributed by atoms with van der Waals surface area (Å²) >= 11 is 5.94. The lowest BCUT2D eigenvalue weighted by molar-refractivity contribution is 0.0563. The Balaban J connectivity index is 2.17. The number of hydrogen-bond acceptors (Lipinski definition) is 4. The molecule has 0 saturated carbocycles. The molecule has 1 aliphatic heterocycles. The van der Waals surface area contributed by atoms with E-state index in [1.165, 1.54) is 4.57 Å². The van der Waals surface area contributed by atoms with Gasteiger partial charge in [-0.3, -0.25) is 9.36 Å². The van der Waals surface area contributed by atoms with Crippen LogP contribution in [0.1, 0.15) is 18.9 Å². The zero-order valence-electron chi connectivity index (χ0n) is 9.97. The number of aromatic nitrogens is 4. The third-order valence-electron chi connectivity index (χ3n) is 3.26. The molecule has 1 aliphatic rings. The first-order valence-electron chi connectivity index (χ1n) is 5.86. The smallest absolute Gasteiger partial charge is 0.265 e. The lowest BCUT2D eigenvalue weighted by atomic mass is 10.1. The van der Waals surface area contributed by atoms with Crippen LogP contribution in [0.5, 0.6) is 0 Å². The highest BCUT2D eigenvalue weighted by atomic mass is 35.5. The van der Waals surface area contributed by atoms with E-state index >= 15 is 0 Å². The van der Waals surface area contributed by atoms with Gasteiger partial charge in [0.05, 0.1) is 18.8 Å². The van der Waals surface area contributed by atoms with Crippen LogP contribution in [-0.4, -0.2) is 32.5 Å². The highest BCUT2D eigenvalue weighted by Crippen LogP contribution is 2.22. The Morgan fingerprint density at radius 3 is 3.11 bits per heavy atom. The molecular weight excluding hydrogens is 256 g/mol. The monoisotopic (exact) mass is 268 g/mol. The number of nitrogens with zero attached hydrogens (tertiary/aromatic N) is 4. The van der Waals surface area contributed by atoms with Gasteiger partial charge in [-0.25, -0.2) is 4.68 Å². The van der Waals surface area contributed by atoms with Crippen LogP contribution < -0.4 is 5.56 Å². The molecule has 0 bridgehead atoms. The van der Waals surface area contributed by atoms with Crippen molar-refractivity contribution in [1.82, 2.24) is 19.3 Å². The molecule has 1 atom stereocenters. The first kappa shape index (κ1) is 11.7. The quantitative estimate of drug-likeness (QED) is 0.728. The van der Waals surface area contributed by atoms with Crippen LogP contribution in [0.4, 0.5) is 0 Å². The average molecular weight is 269 g/mol. The van der Waals surface area contributed by atoms with Gasteiger partial charge in [0.15, 0.2) is 5.65 Å². The summed E-state index contributed by atoms with van der Waals surface area (Å²) in [6, 6.07) is 0.131. The second kappa shape index (κ2) is 4.37. The number of rotatable bonds is 1. The fourth-order valence-electron chi connectivity index (χ4n) is 2.23. The van der Waals surface area contributed by atoms with Crippen molar-refractivity contribution < 1.29 is 4.74 Å². The molecule has 0 aromatic carbocycles. The zero-order valence-corrected chi connectivity index (χ0v) is 10.7. The van der Waals surface area contributed by atoms with E-state index < -0.39 is 0 Å². The Labute approximate surface area is 108 Å². The fourth-order valence-corrected chi connectivity index (χ4v) is 2.39. The van der Waals surface area contributed by atoms with Crippen molar-refractivity contribution in [3.63, 3.8) is 0 Å². The third-order valence-corrected chi connectivity index (χ3v) is 3.60. The van der Waals surface area contributed by atoms with Gasteiger partial charge >= 0.3 is 0 Å². The van der Waals surface area contributed by atoms with E-state index in [1.807, 2.05) is 0 Å².